The first kappa shape index (κ1) is 9.32. The van der Waals surface area contributed by atoms with Crippen LogP contribution in [0.25, 0.3) is 6.08 Å². The molecule has 0 bridgehead atoms. The van der Waals surface area contributed by atoms with Crippen molar-refractivity contribution in [3.8, 4) is 11.5 Å². The summed E-state index contributed by atoms with van der Waals surface area (Å²) in [5.41, 5.74) is 0.426. The summed E-state index contributed by atoms with van der Waals surface area (Å²) >= 11 is 0. The highest BCUT2D eigenvalue weighted by Crippen LogP contribution is 2.28. The van der Waals surface area contributed by atoms with E-state index in [9.17, 15) is 9.90 Å². The standard InChI is InChI=1S/C10H10O3/c1-7(11)5-6-8-3-2-4-9(12)10(8)13/h2-6,12-13H,1H3. The maximum Gasteiger partial charge on any atom is 0.164 e. The maximum atomic E-state index is 10.6. The molecule has 0 aromatic heterocycles. The largest absolute Gasteiger partial charge is 0.504 e. The van der Waals surface area contributed by atoms with Gasteiger partial charge >= 0.3 is 0 Å². The van der Waals surface area contributed by atoms with Gasteiger partial charge in [0.2, 0.25) is 0 Å². The number of hydrogen-bond acceptors (Lipinski definition) is 3. The zero-order valence-electron chi connectivity index (χ0n) is 7.19. The second-order valence-corrected chi connectivity index (χ2v) is 2.66. The van der Waals surface area contributed by atoms with Crippen LogP contribution in [-0.2, 0) is 4.79 Å². The predicted molar refractivity (Wildman–Crippen MR) is 49.5 cm³/mol. The molecule has 13 heavy (non-hydrogen) atoms. The van der Waals surface area contributed by atoms with Gasteiger partial charge in [-0.2, -0.15) is 0 Å². The van der Waals surface area contributed by atoms with E-state index in [4.69, 9.17) is 5.11 Å². The van der Waals surface area contributed by atoms with Crippen LogP contribution in [0.1, 0.15) is 12.5 Å². The van der Waals surface area contributed by atoms with Crippen molar-refractivity contribution in [2.75, 3.05) is 0 Å². The van der Waals surface area contributed by atoms with Crippen molar-refractivity contribution >= 4 is 11.9 Å². The molecule has 0 radical (unpaired) electrons. The molecule has 0 fully saturated rings. The molecule has 0 aliphatic heterocycles. The Morgan fingerprint density at radius 3 is 2.69 bits per heavy atom. The van der Waals surface area contributed by atoms with Crippen LogP contribution in [0, 0.1) is 0 Å². The van der Waals surface area contributed by atoms with Gasteiger partial charge in [0.1, 0.15) is 0 Å². The lowest BCUT2D eigenvalue weighted by Gasteiger charge is -1.99. The topological polar surface area (TPSA) is 57.5 Å². The van der Waals surface area contributed by atoms with Crippen molar-refractivity contribution in [3.05, 3.63) is 29.8 Å². The normalized spacial score (nSPS) is 10.5. The van der Waals surface area contributed by atoms with E-state index in [2.05, 4.69) is 0 Å². The van der Waals surface area contributed by atoms with Gasteiger partial charge in [0.15, 0.2) is 17.3 Å². The number of ketones is 1. The molecule has 0 aliphatic carbocycles. The minimum atomic E-state index is -0.208. The van der Waals surface area contributed by atoms with Crippen LogP contribution < -0.4 is 0 Å². The number of para-hydroxylation sites is 1. The number of aromatic hydroxyl groups is 2. The summed E-state index contributed by atoms with van der Waals surface area (Å²) in [7, 11) is 0. The molecule has 0 saturated carbocycles. The summed E-state index contributed by atoms with van der Waals surface area (Å²) in [6.45, 7) is 1.41. The monoisotopic (exact) mass is 178 g/mol. The smallest absolute Gasteiger partial charge is 0.164 e. The summed E-state index contributed by atoms with van der Waals surface area (Å²) in [4.78, 5) is 10.6. The van der Waals surface area contributed by atoms with Gasteiger partial charge in [-0.05, 0) is 25.1 Å². The van der Waals surface area contributed by atoms with Gasteiger partial charge in [0, 0.05) is 5.56 Å². The summed E-state index contributed by atoms with van der Waals surface area (Å²) in [6, 6.07) is 4.57. The average molecular weight is 178 g/mol. The summed E-state index contributed by atoms with van der Waals surface area (Å²) in [5, 5.41) is 18.4. The third-order valence-electron chi connectivity index (χ3n) is 1.54. The van der Waals surface area contributed by atoms with Gasteiger partial charge in [0.25, 0.3) is 0 Å². The molecule has 0 amide bonds. The lowest BCUT2D eigenvalue weighted by atomic mass is 10.1. The first-order valence-corrected chi connectivity index (χ1v) is 3.81. The van der Waals surface area contributed by atoms with E-state index in [0.29, 0.717) is 5.56 Å². The van der Waals surface area contributed by atoms with Gasteiger partial charge in [-0.3, -0.25) is 4.79 Å². The summed E-state index contributed by atoms with van der Waals surface area (Å²) in [5.74, 6) is -0.506. The number of phenols is 2. The van der Waals surface area contributed by atoms with Crippen molar-refractivity contribution in [1.29, 1.82) is 0 Å². The molecule has 0 unspecified atom stereocenters. The molecule has 3 nitrogen and oxygen atoms in total. The van der Waals surface area contributed by atoms with E-state index in [1.54, 1.807) is 12.1 Å². The molecule has 3 heteroatoms. The molecule has 2 N–H and O–H groups in total. The Kier molecular flexibility index (Phi) is 2.69. The van der Waals surface area contributed by atoms with Crippen LogP contribution in [0.15, 0.2) is 24.3 Å². The number of carbonyl (C=O) groups is 1. The maximum absolute atomic E-state index is 10.6. The highest BCUT2D eigenvalue weighted by atomic mass is 16.3. The van der Waals surface area contributed by atoms with Crippen LogP contribution in [0.5, 0.6) is 11.5 Å². The van der Waals surface area contributed by atoms with Gasteiger partial charge in [-0.25, -0.2) is 0 Å². The molecule has 1 aromatic rings. The molecule has 1 aromatic carbocycles. The van der Waals surface area contributed by atoms with Crippen molar-refractivity contribution < 1.29 is 15.0 Å². The first-order chi connectivity index (χ1) is 6.11. The van der Waals surface area contributed by atoms with Crippen LogP contribution in [0.2, 0.25) is 0 Å². The number of phenolic OH excluding ortho intramolecular Hbond substituents is 2. The number of benzene rings is 1. The number of hydrogen-bond donors (Lipinski definition) is 2. The van der Waals surface area contributed by atoms with E-state index < -0.39 is 0 Å². The molecule has 0 saturated heterocycles. The van der Waals surface area contributed by atoms with Crippen LogP contribution >= 0.6 is 0 Å². The molecule has 0 atom stereocenters. The minimum Gasteiger partial charge on any atom is -0.504 e. The lowest BCUT2D eigenvalue weighted by Crippen LogP contribution is -1.81. The van der Waals surface area contributed by atoms with E-state index in [1.165, 1.54) is 25.1 Å². The minimum absolute atomic E-state index is 0.109. The van der Waals surface area contributed by atoms with Crippen molar-refractivity contribution in [2.24, 2.45) is 0 Å². The second kappa shape index (κ2) is 3.76. The lowest BCUT2D eigenvalue weighted by molar-refractivity contribution is -0.112. The number of carbonyl (C=O) groups excluding carboxylic acids is 1. The van der Waals surface area contributed by atoms with Crippen molar-refractivity contribution in [1.82, 2.24) is 0 Å². The van der Waals surface area contributed by atoms with Gasteiger partial charge in [0.05, 0.1) is 0 Å². The fourth-order valence-corrected chi connectivity index (χ4v) is 0.890. The quantitative estimate of drug-likeness (QED) is 0.535. The Bertz CT molecular complexity index is 353. The summed E-state index contributed by atoms with van der Waals surface area (Å²) in [6.07, 6.45) is 2.78. The van der Waals surface area contributed by atoms with E-state index in [-0.39, 0.29) is 17.3 Å². The van der Waals surface area contributed by atoms with E-state index >= 15 is 0 Å². The molecular formula is C10H10O3. The average Bonchev–Trinajstić information content (AvgIpc) is 2.07. The van der Waals surface area contributed by atoms with Crippen molar-refractivity contribution in [2.45, 2.75) is 6.92 Å². The van der Waals surface area contributed by atoms with Gasteiger partial charge < -0.3 is 10.2 Å². The Morgan fingerprint density at radius 2 is 2.08 bits per heavy atom. The molecule has 0 spiro atoms. The predicted octanol–water partition coefficient (Wildman–Crippen LogP) is 1.70. The molecule has 0 heterocycles. The summed E-state index contributed by atoms with van der Waals surface area (Å²) < 4.78 is 0. The molecule has 1 rings (SSSR count). The highest BCUT2D eigenvalue weighted by Gasteiger charge is 2.01. The number of allylic oxidation sites excluding steroid dienone is 1. The van der Waals surface area contributed by atoms with E-state index in [1.807, 2.05) is 0 Å². The highest BCUT2D eigenvalue weighted by molar-refractivity contribution is 5.92. The first-order valence-electron chi connectivity index (χ1n) is 3.81. The Labute approximate surface area is 76.0 Å². The zero-order chi connectivity index (χ0) is 9.84. The second-order valence-electron chi connectivity index (χ2n) is 2.66. The SMILES string of the molecule is CC(=O)C=Cc1cccc(O)c1O. The number of rotatable bonds is 2. The molecular weight excluding hydrogens is 168 g/mol. The van der Waals surface area contributed by atoms with Gasteiger partial charge in [-0.15, -0.1) is 0 Å². The van der Waals surface area contributed by atoms with Crippen LogP contribution in [-0.4, -0.2) is 16.0 Å². The zero-order valence-corrected chi connectivity index (χ0v) is 7.19. The fourth-order valence-electron chi connectivity index (χ4n) is 0.890. The third-order valence-corrected chi connectivity index (χ3v) is 1.54. The Hall–Kier alpha value is -1.77. The molecule has 0 aliphatic rings. The third kappa shape index (κ3) is 2.33. The van der Waals surface area contributed by atoms with Crippen molar-refractivity contribution in [3.63, 3.8) is 0 Å². The Morgan fingerprint density at radius 1 is 1.38 bits per heavy atom. The Balaban J connectivity index is 3.02. The van der Waals surface area contributed by atoms with Crippen LogP contribution in [0.3, 0.4) is 0 Å². The fraction of sp³-hybridized carbons (Fsp3) is 0.100. The molecule has 68 valence electrons. The van der Waals surface area contributed by atoms with E-state index in [0.717, 1.165) is 0 Å². The van der Waals surface area contributed by atoms with Crippen LogP contribution in [0.4, 0.5) is 0 Å². The van der Waals surface area contributed by atoms with Gasteiger partial charge in [-0.1, -0.05) is 12.1 Å².